The van der Waals surface area contributed by atoms with Crippen molar-refractivity contribution in [3.63, 3.8) is 0 Å². The first-order chi connectivity index (χ1) is 6.40. The molecule has 0 aromatic rings. The lowest BCUT2D eigenvalue weighted by atomic mass is 10.2. The van der Waals surface area contributed by atoms with E-state index in [1.165, 1.54) is 4.31 Å². The lowest BCUT2D eigenvalue weighted by molar-refractivity contribution is 0.464. The molecule has 0 aliphatic carbocycles. The first kappa shape index (κ1) is 14.4. The van der Waals surface area contributed by atoms with Gasteiger partial charge in [0.15, 0.2) is 0 Å². The van der Waals surface area contributed by atoms with Crippen LogP contribution in [0.1, 0.15) is 26.7 Å². The molecule has 0 N–H and O–H groups in total. The molecule has 3 nitrogen and oxygen atoms in total. The van der Waals surface area contributed by atoms with E-state index in [0.717, 1.165) is 18.2 Å². The van der Waals surface area contributed by atoms with Gasteiger partial charge in [-0.2, -0.15) is 0 Å². The fraction of sp³-hybridized carbons (Fsp3) is 1.00. The number of alkyl halides is 1. The van der Waals surface area contributed by atoms with Crippen LogP contribution in [0.5, 0.6) is 0 Å². The Morgan fingerprint density at radius 2 is 1.93 bits per heavy atom. The van der Waals surface area contributed by atoms with E-state index in [9.17, 15) is 8.42 Å². The molecule has 0 unspecified atom stereocenters. The lowest BCUT2D eigenvalue weighted by Gasteiger charge is -2.17. The summed E-state index contributed by atoms with van der Waals surface area (Å²) in [5, 5.41) is 0.844. The van der Waals surface area contributed by atoms with E-state index in [1.807, 2.05) is 13.8 Å². The fourth-order valence-electron chi connectivity index (χ4n) is 0.962. The van der Waals surface area contributed by atoms with Gasteiger partial charge in [0, 0.05) is 18.9 Å². The highest BCUT2D eigenvalue weighted by Crippen LogP contribution is 2.07. The van der Waals surface area contributed by atoms with E-state index in [-0.39, 0.29) is 5.75 Å². The van der Waals surface area contributed by atoms with E-state index in [1.54, 1.807) is 7.05 Å². The smallest absolute Gasteiger partial charge is 0.212 e. The average molecular weight is 286 g/mol. The van der Waals surface area contributed by atoms with Crippen molar-refractivity contribution in [2.75, 3.05) is 24.7 Å². The molecular formula is C9H20BrNO2S. The van der Waals surface area contributed by atoms with Crippen LogP contribution in [-0.2, 0) is 10.0 Å². The van der Waals surface area contributed by atoms with Crippen molar-refractivity contribution in [3.8, 4) is 0 Å². The van der Waals surface area contributed by atoms with Gasteiger partial charge < -0.3 is 0 Å². The zero-order valence-electron chi connectivity index (χ0n) is 9.16. The normalized spacial score (nSPS) is 12.7. The van der Waals surface area contributed by atoms with Crippen LogP contribution in [0.4, 0.5) is 0 Å². The second-order valence-electron chi connectivity index (χ2n) is 3.86. The SMILES string of the molecule is CC(C)CCS(=O)(=O)N(C)CCCBr. The summed E-state index contributed by atoms with van der Waals surface area (Å²) < 4.78 is 24.8. The number of nitrogens with zero attached hydrogens (tertiary/aromatic N) is 1. The summed E-state index contributed by atoms with van der Waals surface area (Å²) in [5.74, 6) is 0.707. The van der Waals surface area contributed by atoms with Gasteiger partial charge in [-0.1, -0.05) is 29.8 Å². The molecule has 0 bridgehead atoms. The minimum Gasteiger partial charge on any atom is -0.212 e. The second-order valence-corrected chi connectivity index (χ2v) is 6.85. The zero-order chi connectivity index (χ0) is 11.2. The Kier molecular flexibility index (Phi) is 6.99. The van der Waals surface area contributed by atoms with Crippen LogP contribution in [-0.4, -0.2) is 37.4 Å². The van der Waals surface area contributed by atoms with Gasteiger partial charge in [-0.05, 0) is 18.8 Å². The summed E-state index contributed by atoms with van der Waals surface area (Å²) in [6, 6.07) is 0. The zero-order valence-corrected chi connectivity index (χ0v) is 11.6. The molecule has 0 aliphatic rings. The summed E-state index contributed by atoms with van der Waals surface area (Å²) >= 11 is 3.29. The summed E-state index contributed by atoms with van der Waals surface area (Å²) in [7, 11) is -1.36. The molecule has 0 saturated carbocycles. The molecule has 0 aliphatic heterocycles. The predicted octanol–water partition coefficient (Wildman–Crippen LogP) is 2.08. The van der Waals surface area contributed by atoms with Crippen LogP contribution < -0.4 is 0 Å². The van der Waals surface area contributed by atoms with Gasteiger partial charge in [0.05, 0.1) is 5.75 Å². The molecule has 0 rings (SSSR count). The molecule has 0 heterocycles. The van der Waals surface area contributed by atoms with Gasteiger partial charge in [-0.15, -0.1) is 0 Å². The lowest BCUT2D eigenvalue weighted by Crippen LogP contribution is -2.30. The highest BCUT2D eigenvalue weighted by atomic mass is 79.9. The third kappa shape index (κ3) is 5.98. The van der Waals surface area contributed by atoms with E-state index >= 15 is 0 Å². The van der Waals surface area contributed by atoms with Crippen molar-refractivity contribution in [1.82, 2.24) is 4.31 Å². The van der Waals surface area contributed by atoms with Crippen molar-refractivity contribution < 1.29 is 8.42 Å². The Morgan fingerprint density at radius 1 is 1.36 bits per heavy atom. The highest BCUT2D eigenvalue weighted by molar-refractivity contribution is 9.09. The van der Waals surface area contributed by atoms with E-state index in [0.29, 0.717) is 12.5 Å². The maximum absolute atomic E-state index is 11.7. The Bertz CT molecular complexity index is 239. The highest BCUT2D eigenvalue weighted by Gasteiger charge is 2.17. The van der Waals surface area contributed by atoms with Crippen LogP contribution in [0.3, 0.4) is 0 Å². The minimum absolute atomic E-state index is 0.267. The van der Waals surface area contributed by atoms with Crippen LogP contribution in [0.25, 0.3) is 0 Å². The summed E-state index contributed by atoms with van der Waals surface area (Å²) in [5.41, 5.74) is 0. The Hall–Kier alpha value is 0.390. The molecule has 0 fully saturated rings. The maximum Gasteiger partial charge on any atom is 0.213 e. The quantitative estimate of drug-likeness (QED) is 0.672. The van der Waals surface area contributed by atoms with Crippen LogP contribution >= 0.6 is 15.9 Å². The predicted molar refractivity (Wildman–Crippen MR) is 64.3 cm³/mol. The van der Waals surface area contributed by atoms with Crippen molar-refractivity contribution in [1.29, 1.82) is 0 Å². The van der Waals surface area contributed by atoms with Gasteiger partial charge in [0.25, 0.3) is 0 Å². The summed E-state index contributed by atoms with van der Waals surface area (Å²) in [6.07, 6.45) is 1.60. The van der Waals surface area contributed by atoms with Gasteiger partial charge in [0.1, 0.15) is 0 Å². The number of halogens is 1. The molecule has 86 valence electrons. The van der Waals surface area contributed by atoms with Crippen molar-refractivity contribution >= 4 is 26.0 Å². The minimum atomic E-state index is -3.02. The second kappa shape index (κ2) is 6.80. The Labute approximate surface area is 96.0 Å². The molecule has 0 atom stereocenters. The van der Waals surface area contributed by atoms with Crippen molar-refractivity contribution in [2.45, 2.75) is 26.7 Å². The number of hydrogen-bond donors (Lipinski definition) is 0. The third-order valence-corrected chi connectivity index (χ3v) is 4.48. The first-order valence-electron chi connectivity index (χ1n) is 4.90. The Balaban J connectivity index is 4.04. The van der Waals surface area contributed by atoms with Crippen molar-refractivity contribution in [3.05, 3.63) is 0 Å². The molecule has 0 aromatic heterocycles. The monoisotopic (exact) mass is 285 g/mol. The number of rotatable bonds is 7. The molecule has 0 saturated heterocycles. The fourth-order valence-corrected chi connectivity index (χ4v) is 2.70. The average Bonchev–Trinajstić information content (AvgIpc) is 2.11. The summed E-state index contributed by atoms with van der Waals surface area (Å²) in [6.45, 7) is 4.67. The van der Waals surface area contributed by atoms with Crippen molar-refractivity contribution in [2.24, 2.45) is 5.92 Å². The van der Waals surface area contributed by atoms with Crippen LogP contribution in [0, 0.1) is 5.92 Å². The molecule has 0 spiro atoms. The molecule has 14 heavy (non-hydrogen) atoms. The van der Waals surface area contributed by atoms with Gasteiger partial charge in [-0.3, -0.25) is 0 Å². The third-order valence-electron chi connectivity index (χ3n) is 2.03. The molecule has 0 amide bonds. The van der Waals surface area contributed by atoms with E-state index in [4.69, 9.17) is 0 Å². The molecule has 0 radical (unpaired) electrons. The van der Waals surface area contributed by atoms with Gasteiger partial charge >= 0.3 is 0 Å². The first-order valence-corrected chi connectivity index (χ1v) is 7.63. The standard InChI is InChI=1S/C9H20BrNO2S/c1-9(2)5-8-14(12,13)11(3)7-4-6-10/h9H,4-8H2,1-3H3. The van der Waals surface area contributed by atoms with Gasteiger partial charge in [-0.25, -0.2) is 12.7 Å². The maximum atomic E-state index is 11.7. The Morgan fingerprint density at radius 3 is 2.36 bits per heavy atom. The van der Waals surface area contributed by atoms with E-state index in [2.05, 4.69) is 15.9 Å². The number of hydrogen-bond acceptors (Lipinski definition) is 2. The van der Waals surface area contributed by atoms with Crippen LogP contribution in [0.2, 0.25) is 0 Å². The largest absolute Gasteiger partial charge is 0.213 e. The van der Waals surface area contributed by atoms with Crippen LogP contribution in [0.15, 0.2) is 0 Å². The number of sulfonamides is 1. The summed E-state index contributed by atoms with van der Waals surface area (Å²) in [4.78, 5) is 0. The van der Waals surface area contributed by atoms with E-state index < -0.39 is 10.0 Å². The molecule has 0 aromatic carbocycles. The molecular weight excluding hydrogens is 266 g/mol. The topological polar surface area (TPSA) is 37.4 Å². The van der Waals surface area contributed by atoms with Gasteiger partial charge in [0.2, 0.25) is 10.0 Å². The molecule has 5 heteroatoms.